The Balaban J connectivity index is 2.08. The standard InChI is InChI=1S/C13H21N3O2S/c1-11-8-16(10-13(11)14)19(17,18)15(2)9-12-6-4-3-5-7-12/h3-7,11,13H,8-10,14H2,1-2H3. The number of hydrogen-bond acceptors (Lipinski definition) is 3. The van der Waals surface area contributed by atoms with Crippen molar-refractivity contribution in [2.24, 2.45) is 11.7 Å². The van der Waals surface area contributed by atoms with Crippen LogP contribution in [-0.2, 0) is 16.8 Å². The summed E-state index contributed by atoms with van der Waals surface area (Å²) in [5, 5.41) is 0. The van der Waals surface area contributed by atoms with Crippen LogP contribution in [0.2, 0.25) is 0 Å². The van der Waals surface area contributed by atoms with Crippen LogP contribution in [0.1, 0.15) is 12.5 Å². The van der Waals surface area contributed by atoms with Crippen molar-refractivity contribution in [1.82, 2.24) is 8.61 Å². The predicted octanol–water partition coefficient (Wildman–Crippen LogP) is 0.642. The first kappa shape index (κ1) is 14.5. The Hall–Kier alpha value is -0.950. The summed E-state index contributed by atoms with van der Waals surface area (Å²) in [5.74, 6) is 0.208. The maximum atomic E-state index is 12.4. The molecule has 1 aliphatic rings. The van der Waals surface area contributed by atoms with Gasteiger partial charge in [-0.05, 0) is 11.5 Å². The maximum Gasteiger partial charge on any atom is 0.282 e. The van der Waals surface area contributed by atoms with E-state index in [1.54, 1.807) is 7.05 Å². The molecule has 1 aliphatic heterocycles. The highest BCUT2D eigenvalue weighted by Gasteiger charge is 2.36. The molecule has 2 atom stereocenters. The van der Waals surface area contributed by atoms with Crippen LogP contribution in [0.5, 0.6) is 0 Å². The Labute approximate surface area is 115 Å². The van der Waals surface area contributed by atoms with E-state index in [0.717, 1.165) is 5.56 Å². The topological polar surface area (TPSA) is 66.6 Å². The summed E-state index contributed by atoms with van der Waals surface area (Å²) in [4.78, 5) is 0. The molecule has 6 heteroatoms. The number of hydrogen-bond donors (Lipinski definition) is 1. The Bertz CT molecular complexity index is 508. The van der Waals surface area contributed by atoms with Crippen molar-refractivity contribution in [2.45, 2.75) is 19.5 Å². The lowest BCUT2D eigenvalue weighted by atomic mass is 10.1. The van der Waals surface area contributed by atoms with Crippen LogP contribution in [-0.4, -0.2) is 43.2 Å². The normalized spacial score (nSPS) is 25.1. The zero-order chi connectivity index (χ0) is 14.0. The molecule has 0 amide bonds. The molecule has 2 unspecified atom stereocenters. The smallest absolute Gasteiger partial charge is 0.282 e. The van der Waals surface area contributed by atoms with Gasteiger partial charge in [-0.2, -0.15) is 17.0 Å². The highest BCUT2D eigenvalue weighted by atomic mass is 32.2. The average molecular weight is 283 g/mol. The van der Waals surface area contributed by atoms with Gasteiger partial charge in [0.25, 0.3) is 10.2 Å². The van der Waals surface area contributed by atoms with E-state index in [9.17, 15) is 8.42 Å². The Kier molecular flexibility index (Phi) is 4.25. The largest absolute Gasteiger partial charge is 0.326 e. The number of benzene rings is 1. The lowest BCUT2D eigenvalue weighted by Crippen LogP contribution is -2.41. The third-order valence-corrected chi connectivity index (χ3v) is 5.47. The van der Waals surface area contributed by atoms with Crippen molar-refractivity contribution in [2.75, 3.05) is 20.1 Å². The van der Waals surface area contributed by atoms with E-state index < -0.39 is 10.2 Å². The van der Waals surface area contributed by atoms with Gasteiger partial charge in [-0.15, -0.1) is 0 Å². The first-order valence-corrected chi connectivity index (χ1v) is 7.82. The molecule has 1 fully saturated rings. The average Bonchev–Trinajstić information content (AvgIpc) is 2.71. The third-order valence-electron chi connectivity index (χ3n) is 3.61. The second-order valence-electron chi connectivity index (χ2n) is 5.21. The van der Waals surface area contributed by atoms with Crippen LogP contribution >= 0.6 is 0 Å². The van der Waals surface area contributed by atoms with Crippen molar-refractivity contribution in [1.29, 1.82) is 0 Å². The van der Waals surface area contributed by atoms with E-state index in [0.29, 0.717) is 19.6 Å². The van der Waals surface area contributed by atoms with Gasteiger partial charge in [0.2, 0.25) is 0 Å². The van der Waals surface area contributed by atoms with Crippen molar-refractivity contribution in [3.8, 4) is 0 Å². The quantitative estimate of drug-likeness (QED) is 0.882. The summed E-state index contributed by atoms with van der Waals surface area (Å²) >= 11 is 0. The molecular formula is C13H21N3O2S. The van der Waals surface area contributed by atoms with E-state index in [4.69, 9.17) is 5.73 Å². The van der Waals surface area contributed by atoms with E-state index in [-0.39, 0.29) is 12.0 Å². The lowest BCUT2D eigenvalue weighted by Gasteiger charge is -2.24. The second-order valence-corrected chi connectivity index (χ2v) is 7.24. The molecule has 1 heterocycles. The SMILES string of the molecule is CC1CN(S(=O)(=O)N(C)Cc2ccccc2)CC1N. The van der Waals surface area contributed by atoms with Crippen LogP contribution in [0.25, 0.3) is 0 Å². The molecule has 1 aromatic carbocycles. The van der Waals surface area contributed by atoms with Gasteiger partial charge in [-0.25, -0.2) is 0 Å². The molecule has 0 radical (unpaired) electrons. The third kappa shape index (κ3) is 3.14. The lowest BCUT2D eigenvalue weighted by molar-refractivity contribution is 0.386. The fourth-order valence-corrected chi connectivity index (χ4v) is 3.74. The van der Waals surface area contributed by atoms with Crippen LogP contribution in [0.3, 0.4) is 0 Å². The molecule has 1 saturated heterocycles. The summed E-state index contributed by atoms with van der Waals surface area (Å²) in [6, 6.07) is 9.50. The van der Waals surface area contributed by atoms with E-state index in [2.05, 4.69) is 0 Å². The monoisotopic (exact) mass is 283 g/mol. The first-order chi connectivity index (χ1) is 8.91. The van der Waals surface area contributed by atoms with Gasteiger partial charge < -0.3 is 5.73 Å². The molecule has 1 aromatic rings. The van der Waals surface area contributed by atoms with E-state index in [1.165, 1.54) is 8.61 Å². The van der Waals surface area contributed by atoms with Gasteiger partial charge in [-0.1, -0.05) is 37.3 Å². The van der Waals surface area contributed by atoms with Gasteiger partial charge in [-0.3, -0.25) is 0 Å². The minimum absolute atomic E-state index is 0.0695. The zero-order valence-corrected chi connectivity index (χ0v) is 12.2. The zero-order valence-electron chi connectivity index (χ0n) is 11.4. The number of rotatable bonds is 4. The molecule has 2 N–H and O–H groups in total. The minimum Gasteiger partial charge on any atom is -0.326 e. The van der Waals surface area contributed by atoms with Gasteiger partial charge in [0.1, 0.15) is 0 Å². The molecule has 0 aliphatic carbocycles. The molecular weight excluding hydrogens is 262 g/mol. The second kappa shape index (κ2) is 5.58. The molecule has 2 rings (SSSR count). The van der Waals surface area contributed by atoms with Gasteiger partial charge in [0.05, 0.1) is 0 Å². The first-order valence-electron chi connectivity index (χ1n) is 6.42. The van der Waals surface area contributed by atoms with Gasteiger partial charge in [0.15, 0.2) is 0 Å². The van der Waals surface area contributed by atoms with E-state index >= 15 is 0 Å². The highest BCUT2D eigenvalue weighted by Crippen LogP contribution is 2.20. The van der Waals surface area contributed by atoms with Crippen LogP contribution in [0, 0.1) is 5.92 Å². The van der Waals surface area contributed by atoms with E-state index in [1.807, 2.05) is 37.3 Å². The maximum absolute atomic E-state index is 12.4. The summed E-state index contributed by atoms with van der Waals surface area (Å²) in [5.41, 5.74) is 6.87. The molecule has 106 valence electrons. The van der Waals surface area contributed by atoms with Crippen molar-refractivity contribution < 1.29 is 8.42 Å². The van der Waals surface area contributed by atoms with Gasteiger partial charge >= 0.3 is 0 Å². The molecule has 0 saturated carbocycles. The minimum atomic E-state index is -3.42. The predicted molar refractivity (Wildman–Crippen MR) is 75.5 cm³/mol. The van der Waals surface area contributed by atoms with Crippen LogP contribution in [0.4, 0.5) is 0 Å². The molecule has 0 aromatic heterocycles. The van der Waals surface area contributed by atoms with Crippen molar-refractivity contribution in [3.63, 3.8) is 0 Å². The molecule has 0 bridgehead atoms. The van der Waals surface area contributed by atoms with Crippen LogP contribution < -0.4 is 5.73 Å². The van der Waals surface area contributed by atoms with Gasteiger partial charge in [0, 0.05) is 32.7 Å². The Morgan fingerprint density at radius 2 is 1.95 bits per heavy atom. The highest BCUT2D eigenvalue weighted by molar-refractivity contribution is 7.86. The Morgan fingerprint density at radius 3 is 2.47 bits per heavy atom. The number of nitrogens with two attached hydrogens (primary N) is 1. The molecule has 0 spiro atoms. The van der Waals surface area contributed by atoms with Crippen molar-refractivity contribution >= 4 is 10.2 Å². The Morgan fingerprint density at radius 1 is 1.32 bits per heavy atom. The summed E-state index contributed by atoms with van der Waals surface area (Å²) in [6.45, 7) is 3.27. The van der Waals surface area contributed by atoms with Crippen molar-refractivity contribution in [3.05, 3.63) is 35.9 Å². The number of nitrogens with zero attached hydrogens (tertiary/aromatic N) is 2. The summed E-state index contributed by atoms with van der Waals surface area (Å²) < 4.78 is 27.7. The summed E-state index contributed by atoms with van der Waals surface area (Å²) in [7, 11) is -1.81. The molecule has 5 nitrogen and oxygen atoms in total. The van der Waals surface area contributed by atoms with Crippen LogP contribution in [0.15, 0.2) is 30.3 Å². The fourth-order valence-electron chi connectivity index (χ4n) is 2.25. The summed E-state index contributed by atoms with van der Waals surface area (Å²) in [6.07, 6.45) is 0. The molecule has 19 heavy (non-hydrogen) atoms. The fraction of sp³-hybridized carbons (Fsp3) is 0.538.